The van der Waals surface area contributed by atoms with Crippen molar-refractivity contribution in [2.75, 3.05) is 13.2 Å². The van der Waals surface area contributed by atoms with Gasteiger partial charge >= 0.3 is 0 Å². The van der Waals surface area contributed by atoms with Crippen molar-refractivity contribution in [3.8, 4) is 0 Å². The SMILES string of the molecule is C=CC1CN(C(=O)CF)P(OC2C[C@H](C)O[C@@H]2CC)O1. The molecule has 5 atom stereocenters. The quantitative estimate of drug-likeness (QED) is 0.578. The summed E-state index contributed by atoms with van der Waals surface area (Å²) in [6, 6.07) is 0. The third-order valence-corrected chi connectivity index (χ3v) is 5.14. The molecule has 0 aromatic carbocycles. The van der Waals surface area contributed by atoms with Crippen LogP contribution >= 0.6 is 8.53 Å². The van der Waals surface area contributed by atoms with Crippen LogP contribution in [0, 0.1) is 0 Å². The van der Waals surface area contributed by atoms with E-state index in [0.29, 0.717) is 6.54 Å². The van der Waals surface area contributed by atoms with Gasteiger partial charge in [-0.3, -0.25) is 9.46 Å². The normalized spacial score (nSPS) is 37.4. The lowest BCUT2D eigenvalue weighted by Crippen LogP contribution is -2.29. The standard InChI is InChI=1S/C13H21FNO4P/c1-4-10-8-15(13(16)7-14)20(18-10)19-12-6-9(3)17-11(12)5-2/h4,9-12H,1,5-8H2,2-3H3/t9-,10?,11+,12?,20?/m0/s1. The Balaban J connectivity index is 2.02. The highest BCUT2D eigenvalue weighted by atomic mass is 31.2. The third-order valence-electron chi connectivity index (χ3n) is 3.45. The second kappa shape index (κ2) is 6.94. The van der Waals surface area contributed by atoms with Crippen molar-refractivity contribution in [2.45, 2.75) is 51.1 Å². The molecular formula is C13H21FNO4P. The predicted octanol–water partition coefficient (Wildman–Crippen LogP) is 2.57. The second-order valence-corrected chi connectivity index (χ2v) is 6.38. The summed E-state index contributed by atoms with van der Waals surface area (Å²) >= 11 is 0. The minimum Gasteiger partial charge on any atom is -0.372 e. The van der Waals surface area contributed by atoms with E-state index < -0.39 is 21.1 Å². The van der Waals surface area contributed by atoms with Crippen molar-refractivity contribution in [2.24, 2.45) is 0 Å². The van der Waals surface area contributed by atoms with Crippen LogP contribution in [0.4, 0.5) is 4.39 Å². The van der Waals surface area contributed by atoms with Crippen LogP contribution in [0.15, 0.2) is 12.7 Å². The molecule has 0 spiro atoms. The number of nitrogens with zero attached hydrogens (tertiary/aromatic N) is 1. The number of hydrogen-bond acceptors (Lipinski definition) is 4. The Hall–Kier alpha value is -0.550. The number of carbonyl (C=O) groups excluding carboxylic acids is 1. The molecule has 5 nitrogen and oxygen atoms in total. The molecule has 114 valence electrons. The highest BCUT2D eigenvalue weighted by Crippen LogP contribution is 2.52. The molecule has 2 rings (SSSR count). The summed E-state index contributed by atoms with van der Waals surface area (Å²) in [4.78, 5) is 11.6. The van der Waals surface area contributed by atoms with Crippen LogP contribution in [-0.4, -0.2) is 48.2 Å². The predicted molar refractivity (Wildman–Crippen MR) is 73.8 cm³/mol. The molecule has 0 saturated carbocycles. The maximum atomic E-state index is 12.6. The third kappa shape index (κ3) is 3.37. The first-order valence-corrected chi connectivity index (χ1v) is 8.00. The van der Waals surface area contributed by atoms with Crippen molar-refractivity contribution in [3.05, 3.63) is 12.7 Å². The number of halogens is 1. The monoisotopic (exact) mass is 305 g/mol. The van der Waals surface area contributed by atoms with Gasteiger partial charge in [0.25, 0.3) is 14.4 Å². The highest BCUT2D eigenvalue weighted by molar-refractivity contribution is 7.45. The van der Waals surface area contributed by atoms with Crippen LogP contribution in [0.25, 0.3) is 0 Å². The minimum atomic E-state index is -1.57. The Morgan fingerprint density at radius 2 is 2.40 bits per heavy atom. The number of amides is 1. The summed E-state index contributed by atoms with van der Waals surface area (Å²) in [6.45, 7) is 6.93. The van der Waals surface area contributed by atoms with E-state index in [0.717, 1.165) is 12.8 Å². The van der Waals surface area contributed by atoms with Crippen molar-refractivity contribution in [1.29, 1.82) is 0 Å². The summed E-state index contributed by atoms with van der Waals surface area (Å²) in [7, 11) is -1.57. The van der Waals surface area contributed by atoms with E-state index in [2.05, 4.69) is 6.58 Å². The Kier molecular flexibility index (Phi) is 5.49. The molecule has 2 fully saturated rings. The van der Waals surface area contributed by atoms with Gasteiger partial charge in [0.15, 0.2) is 6.67 Å². The molecule has 0 aromatic heterocycles. The molecule has 2 heterocycles. The first kappa shape index (κ1) is 15.8. The zero-order valence-electron chi connectivity index (χ0n) is 11.8. The number of alkyl halides is 1. The van der Waals surface area contributed by atoms with E-state index in [-0.39, 0.29) is 24.4 Å². The molecule has 2 aliphatic rings. The highest BCUT2D eigenvalue weighted by Gasteiger charge is 2.42. The van der Waals surface area contributed by atoms with Gasteiger partial charge in [0.2, 0.25) is 0 Å². The fraction of sp³-hybridized carbons (Fsp3) is 0.769. The van der Waals surface area contributed by atoms with Gasteiger partial charge in [0, 0.05) is 6.42 Å². The van der Waals surface area contributed by atoms with Gasteiger partial charge in [-0.05, 0) is 13.3 Å². The maximum Gasteiger partial charge on any atom is 0.293 e. The molecule has 7 heteroatoms. The average Bonchev–Trinajstić information content (AvgIpc) is 3.01. The van der Waals surface area contributed by atoms with Crippen molar-refractivity contribution in [1.82, 2.24) is 4.67 Å². The molecular weight excluding hydrogens is 284 g/mol. The van der Waals surface area contributed by atoms with Gasteiger partial charge in [-0.25, -0.2) is 4.39 Å². The number of ether oxygens (including phenoxy) is 1. The number of rotatable bonds is 5. The molecule has 20 heavy (non-hydrogen) atoms. The minimum absolute atomic E-state index is 0.00112. The molecule has 1 amide bonds. The van der Waals surface area contributed by atoms with Gasteiger partial charge in [-0.1, -0.05) is 13.0 Å². The Bertz CT molecular complexity index is 370. The van der Waals surface area contributed by atoms with Crippen molar-refractivity contribution >= 4 is 14.4 Å². The Morgan fingerprint density at radius 3 is 3.00 bits per heavy atom. The molecule has 0 N–H and O–H groups in total. The van der Waals surface area contributed by atoms with E-state index in [1.807, 2.05) is 13.8 Å². The summed E-state index contributed by atoms with van der Waals surface area (Å²) in [5.74, 6) is -0.597. The second-order valence-electron chi connectivity index (χ2n) is 5.00. The van der Waals surface area contributed by atoms with Crippen molar-refractivity contribution in [3.63, 3.8) is 0 Å². The van der Waals surface area contributed by atoms with Gasteiger partial charge in [-0.2, -0.15) is 0 Å². The topological polar surface area (TPSA) is 48.0 Å². The smallest absolute Gasteiger partial charge is 0.293 e. The number of carbonyl (C=O) groups is 1. The fourth-order valence-corrected chi connectivity index (χ4v) is 4.06. The molecule has 0 bridgehead atoms. The zero-order valence-corrected chi connectivity index (χ0v) is 12.7. The zero-order chi connectivity index (χ0) is 14.7. The lowest BCUT2D eigenvalue weighted by molar-refractivity contribution is -0.127. The number of hydrogen-bond donors (Lipinski definition) is 0. The van der Waals surface area contributed by atoms with Gasteiger partial charge in [0.05, 0.1) is 24.9 Å². The molecule has 0 radical (unpaired) electrons. The van der Waals surface area contributed by atoms with E-state index in [9.17, 15) is 9.18 Å². The first-order valence-electron chi connectivity index (χ1n) is 6.87. The van der Waals surface area contributed by atoms with E-state index >= 15 is 0 Å². The lowest BCUT2D eigenvalue weighted by Gasteiger charge is -2.25. The van der Waals surface area contributed by atoms with Gasteiger partial charge < -0.3 is 13.8 Å². The van der Waals surface area contributed by atoms with Crippen molar-refractivity contribution < 1.29 is 23.0 Å². The van der Waals surface area contributed by atoms with E-state index in [4.69, 9.17) is 13.8 Å². The van der Waals surface area contributed by atoms with Crippen LogP contribution in [0.2, 0.25) is 0 Å². The van der Waals surface area contributed by atoms with Gasteiger partial charge in [0.1, 0.15) is 6.10 Å². The fourth-order valence-electron chi connectivity index (χ4n) is 2.41. The molecule has 3 unspecified atom stereocenters. The van der Waals surface area contributed by atoms with Crippen LogP contribution in [0.3, 0.4) is 0 Å². The summed E-state index contributed by atoms with van der Waals surface area (Å²) in [5.41, 5.74) is 0. The van der Waals surface area contributed by atoms with E-state index in [1.165, 1.54) is 4.67 Å². The van der Waals surface area contributed by atoms with Crippen LogP contribution < -0.4 is 0 Å². The average molecular weight is 305 g/mol. The molecule has 2 saturated heterocycles. The Morgan fingerprint density at radius 1 is 1.65 bits per heavy atom. The van der Waals surface area contributed by atoms with Crippen LogP contribution in [0.5, 0.6) is 0 Å². The first-order chi connectivity index (χ1) is 9.58. The maximum absolute atomic E-state index is 12.6. The molecule has 2 aliphatic heterocycles. The molecule has 0 aromatic rings. The summed E-state index contributed by atoms with van der Waals surface area (Å²) < 4.78 is 31.3. The lowest BCUT2D eigenvalue weighted by atomic mass is 10.1. The largest absolute Gasteiger partial charge is 0.372 e. The van der Waals surface area contributed by atoms with Gasteiger partial charge in [-0.15, -0.1) is 6.58 Å². The summed E-state index contributed by atoms with van der Waals surface area (Å²) in [5, 5.41) is 0. The van der Waals surface area contributed by atoms with Crippen LogP contribution in [-0.2, 0) is 18.6 Å². The van der Waals surface area contributed by atoms with Crippen LogP contribution in [0.1, 0.15) is 26.7 Å². The van der Waals surface area contributed by atoms with E-state index in [1.54, 1.807) is 6.08 Å². The summed E-state index contributed by atoms with van der Waals surface area (Å²) in [6.07, 6.45) is 2.92. The molecule has 0 aliphatic carbocycles. The Labute approximate surface area is 120 Å².